The van der Waals surface area contributed by atoms with Gasteiger partial charge in [-0.25, -0.2) is 0 Å². The van der Waals surface area contributed by atoms with Crippen molar-refractivity contribution in [3.63, 3.8) is 0 Å². The van der Waals surface area contributed by atoms with E-state index in [9.17, 15) is 9.59 Å². The van der Waals surface area contributed by atoms with Crippen LogP contribution in [-0.2, 0) is 4.79 Å². The molecule has 0 radical (unpaired) electrons. The van der Waals surface area contributed by atoms with Gasteiger partial charge in [0.15, 0.2) is 5.78 Å². The maximum absolute atomic E-state index is 11.2. The average molecular weight is 217 g/mol. The van der Waals surface area contributed by atoms with E-state index in [0.29, 0.717) is 21.9 Å². The molecule has 0 atom stereocenters. The Morgan fingerprint density at radius 2 is 2.00 bits per heavy atom. The number of Topliss-reactive ketones (excluding diaryl/α,β-unsaturated/α-hetero) is 1. The Morgan fingerprint density at radius 1 is 1.31 bits per heavy atom. The lowest BCUT2D eigenvalue weighted by atomic mass is 10.1. The first-order valence-corrected chi connectivity index (χ1v) is 4.32. The molecule has 0 spiro atoms. The minimum atomic E-state index is -0.256. The van der Waals surface area contributed by atoms with Gasteiger partial charge < -0.3 is 4.79 Å². The summed E-state index contributed by atoms with van der Waals surface area (Å²) in [5.74, 6) is -0.256. The molecule has 68 valence electrons. The summed E-state index contributed by atoms with van der Waals surface area (Å²) in [7, 11) is 0. The van der Waals surface area contributed by atoms with Crippen LogP contribution in [-0.4, -0.2) is 12.1 Å². The third kappa shape index (κ3) is 2.54. The molecule has 0 saturated heterocycles. The number of halogens is 2. The van der Waals surface area contributed by atoms with Crippen molar-refractivity contribution in [1.29, 1.82) is 0 Å². The highest BCUT2D eigenvalue weighted by atomic mass is 35.5. The number of carbonyl (C=O) groups is 2. The Bertz CT molecular complexity index is 347. The molecule has 0 fully saturated rings. The number of hydrogen-bond donors (Lipinski definition) is 0. The summed E-state index contributed by atoms with van der Waals surface area (Å²) in [6.07, 6.45) is 0.433. The summed E-state index contributed by atoms with van der Waals surface area (Å²) in [4.78, 5) is 21.2. The number of hydrogen-bond acceptors (Lipinski definition) is 2. The summed E-state index contributed by atoms with van der Waals surface area (Å²) >= 11 is 11.3. The largest absolute Gasteiger partial charge is 0.303 e. The summed E-state index contributed by atoms with van der Waals surface area (Å²) in [5.41, 5.74) is 0.404. The highest BCUT2D eigenvalue weighted by molar-refractivity contribution is 6.42. The molecule has 0 unspecified atom stereocenters. The van der Waals surface area contributed by atoms with Crippen LogP contribution in [0.15, 0.2) is 18.2 Å². The zero-order valence-electron chi connectivity index (χ0n) is 6.59. The minimum absolute atomic E-state index is 0.127. The van der Waals surface area contributed by atoms with E-state index in [1.807, 2.05) is 0 Å². The van der Waals surface area contributed by atoms with Crippen LogP contribution < -0.4 is 0 Å². The van der Waals surface area contributed by atoms with Crippen LogP contribution in [0.2, 0.25) is 10.0 Å². The monoisotopic (exact) mass is 216 g/mol. The number of aldehydes is 1. The Morgan fingerprint density at radius 3 is 2.54 bits per heavy atom. The lowest BCUT2D eigenvalue weighted by Crippen LogP contribution is -1.98. The molecule has 0 heterocycles. The van der Waals surface area contributed by atoms with Crippen LogP contribution in [0.25, 0.3) is 0 Å². The third-order valence-electron chi connectivity index (χ3n) is 1.51. The van der Waals surface area contributed by atoms with Crippen LogP contribution in [0.5, 0.6) is 0 Å². The smallest absolute Gasteiger partial charge is 0.169 e. The highest BCUT2D eigenvalue weighted by Crippen LogP contribution is 2.22. The van der Waals surface area contributed by atoms with Crippen molar-refractivity contribution < 1.29 is 9.59 Å². The molecule has 0 saturated carbocycles. The molecule has 0 aliphatic heterocycles. The molecule has 1 aromatic carbocycles. The fourth-order valence-corrected chi connectivity index (χ4v) is 1.16. The van der Waals surface area contributed by atoms with Crippen molar-refractivity contribution in [2.24, 2.45) is 0 Å². The molecule has 0 N–H and O–H groups in total. The first kappa shape index (κ1) is 10.2. The van der Waals surface area contributed by atoms with Gasteiger partial charge in [0, 0.05) is 5.56 Å². The maximum atomic E-state index is 11.2. The quantitative estimate of drug-likeness (QED) is 0.443. The second-order valence-electron chi connectivity index (χ2n) is 2.42. The highest BCUT2D eigenvalue weighted by Gasteiger charge is 2.06. The second kappa shape index (κ2) is 4.40. The van der Waals surface area contributed by atoms with Gasteiger partial charge in [-0.15, -0.1) is 0 Å². The molecular formula is C9H6Cl2O2. The number of ketones is 1. The van der Waals surface area contributed by atoms with E-state index in [1.54, 1.807) is 6.07 Å². The Hall–Kier alpha value is -0.860. The van der Waals surface area contributed by atoms with E-state index >= 15 is 0 Å². The molecule has 1 rings (SSSR count). The van der Waals surface area contributed by atoms with Crippen molar-refractivity contribution in [3.8, 4) is 0 Å². The van der Waals surface area contributed by atoms with Gasteiger partial charge in [0.05, 0.1) is 16.5 Å². The molecule has 0 aromatic heterocycles. The van der Waals surface area contributed by atoms with Crippen LogP contribution in [0.1, 0.15) is 16.8 Å². The Labute approximate surface area is 85.5 Å². The molecule has 1 aromatic rings. The van der Waals surface area contributed by atoms with Crippen LogP contribution in [0.3, 0.4) is 0 Å². The van der Waals surface area contributed by atoms with Gasteiger partial charge in [-0.05, 0) is 18.2 Å². The molecule has 0 bridgehead atoms. The van der Waals surface area contributed by atoms with E-state index in [-0.39, 0.29) is 12.2 Å². The Kier molecular flexibility index (Phi) is 3.46. The van der Waals surface area contributed by atoms with Crippen molar-refractivity contribution in [1.82, 2.24) is 0 Å². The van der Waals surface area contributed by atoms with Gasteiger partial charge in [-0.1, -0.05) is 23.2 Å². The zero-order valence-corrected chi connectivity index (χ0v) is 8.10. The fraction of sp³-hybridized carbons (Fsp3) is 0.111. The van der Waals surface area contributed by atoms with Crippen molar-refractivity contribution >= 4 is 35.3 Å². The Balaban J connectivity index is 2.96. The zero-order chi connectivity index (χ0) is 9.84. The lowest BCUT2D eigenvalue weighted by Gasteiger charge is -1.99. The first-order valence-electron chi connectivity index (χ1n) is 3.57. The van der Waals surface area contributed by atoms with Crippen LogP contribution in [0, 0.1) is 0 Å². The second-order valence-corrected chi connectivity index (χ2v) is 3.24. The molecule has 4 heteroatoms. The summed E-state index contributed by atoms with van der Waals surface area (Å²) in [5, 5.41) is 0.711. The van der Waals surface area contributed by atoms with Crippen LogP contribution >= 0.6 is 23.2 Å². The van der Waals surface area contributed by atoms with Gasteiger partial charge in [-0.3, -0.25) is 4.79 Å². The van der Waals surface area contributed by atoms with Gasteiger partial charge in [0.1, 0.15) is 6.29 Å². The maximum Gasteiger partial charge on any atom is 0.169 e. The summed E-state index contributed by atoms with van der Waals surface area (Å²) in [6.45, 7) is 0. The molecule has 0 aliphatic carbocycles. The summed E-state index contributed by atoms with van der Waals surface area (Å²) in [6, 6.07) is 4.53. The van der Waals surface area contributed by atoms with Crippen molar-refractivity contribution in [2.45, 2.75) is 6.42 Å². The molecular weight excluding hydrogens is 211 g/mol. The van der Waals surface area contributed by atoms with Gasteiger partial charge in [0.25, 0.3) is 0 Å². The standard InChI is InChI=1S/C9H6Cl2O2/c10-7-2-1-6(5-8(7)11)9(13)3-4-12/h1-2,4-5H,3H2. The SMILES string of the molecule is O=CCC(=O)c1ccc(Cl)c(Cl)c1. The topological polar surface area (TPSA) is 34.1 Å². The normalized spacial score (nSPS) is 9.69. The van der Waals surface area contributed by atoms with Crippen molar-refractivity contribution in [3.05, 3.63) is 33.8 Å². The lowest BCUT2D eigenvalue weighted by molar-refractivity contribution is -0.107. The third-order valence-corrected chi connectivity index (χ3v) is 2.25. The first-order chi connectivity index (χ1) is 6.15. The minimum Gasteiger partial charge on any atom is -0.303 e. The van der Waals surface area contributed by atoms with E-state index < -0.39 is 0 Å². The molecule has 0 amide bonds. The number of carbonyl (C=O) groups excluding carboxylic acids is 2. The van der Waals surface area contributed by atoms with Crippen LogP contribution in [0.4, 0.5) is 0 Å². The van der Waals surface area contributed by atoms with Gasteiger partial charge in [-0.2, -0.15) is 0 Å². The fourth-order valence-electron chi connectivity index (χ4n) is 0.863. The molecule has 13 heavy (non-hydrogen) atoms. The van der Waals surface area contributed by atoms with E-state index in [0.717, 1.165) is 0 Å². The van der Waals surface area contributed by atoms with E-state index in [1.165, 1.54) is 12.1 Å². The number of benzene rings is 1. The number of rotatable bonds is 3. The summed E-state index contributed by atoms with van der Waals surface area (Å²) < 4.78 is 0. The van der Waals surface area contributed by atoms with E-state index in [4.69, 9.17) is 23.2 Å². The van der Waals surface area contributed by atoms with Crippen molar-refractivity contribution in [2.75, 3.05) is 0 Å². The molecule has 0 aliphatic rings. The van der Waals surface area contributed by atoms with Gasteiger partial charge >= 0.3 is 0 Å². The van der Waals surface area contributed by atoms with Gasteiger partial charge in [0.2, 0.25) is 0 Å². The predicted octanol–water partition coefficient (Wildman–Crippen LogP) is 2.77. The average Bonchev–Trinajstić information content (AvgIpc) is 2.10. The van der Waals surface area contributed by atoms with E-state index in [2.05, 4.69) is 0 Å². The predicted molar refractivity (Wildman–Crippen MR) is 51.5 cm³/mol. The molecule has 2 nitrogen and oxygen atoms in total.